The predicted molar refractivity (Wildman–Crippen MR) is 103 cm³/mol. The number of hydrogen-bond donors (Lipinski definition) is 1. The summed E-state index contributed by atoms with van der Waals surface area (Å²) >= 11 is 1.25. The molecule has 27 heavy (non-hydrogen) atoms. The highest BCUT2D eigenvalue weighted by atomic mass is 32.2. The highest BCUT2D eigenvalue weighted by Crippen LogP contribution is 2.22. The lowest BCUT2D eigenvalue weighted by molar-refractivity contribution is -0.118. The monoisotopic (exact) mass is 384 g/mol. The van der Waals surface area contributed by atoms with Gasteiger partial charge in [-0.2, -0.15) is 5.10 Å². The molecule has 0 saturated heterocycles. The molecule has 0 fully saturated rings. The molecule has 0 bridgehead atoms. The summed E-state index contributed by atoms with van der Waals surface area (Å²) < 4.78 is 7.02. The molecule has 1 N–H and O–H groups in total. The van der Waals surface area contributed by atoms with Crippen molar-refractivity contribution in [1.29, 1.82) is 0 Å². The van der Waals surface area contributed by atoms with E-state index in [0.29, 0.717) is 23.9 Å². The molecule has 4 rings (SSSR count). The Morgan fingerprint density at radius 3 is 3.00 bits per heavy atom. The molecular weight excluding hydrogens is 364 g/mol. The molecule has 140 valence electrons. The Hall–Kier alpha value is -2.61. The molecule has 0 saturated carbocycles. The number of nitrogens with zero attached hydrogens (tertiary/aromatic N) is 3. The summed E-state index contributed by atoms with van der Waals surface area (Å²) in [5.74, 6) is 0.0764. The minimum Gasteiger partial charge on any atom is -0.431 e. The van der Waals surface area contributed by atoms with Crippen LogP contribution < -0.4 is 10.9 Å². The number of rotatable bonds is 6. The van der Waals surface area contributed by atoms with E-state index in [-0.39, 0.29) is 17.2 Å². The van der Waals surface area contributed by atoms with Crippen molar-refractivity contribution in [2.24, 2.45) is 0 Å². The highest BCUT2D eigenvalue weighted by Gasteiger charge is 2.13. The molecule has 1 amide bonds. The SMILES string of the molecule is O=C(CSc1nc2ccccc2o1)NCCn1nc2c(cc1=O)CCCC2. The van der Waals surface area contributed by atoms with Gasteiger partial charge in [0.25, 0.3) is 10.8 Å². The fourth-order valence-electron chi connectivity index (χ4n) is 3.15. The topological polar surface area (TPSA) is 90.0 Å². The van der Waals surface area contributed by atoms with Crippen LogP contribution >= 0.6 is 11.8 Å². The minimum atomic E-state index is -0.131. The van der Waals surface area contributed by atoms with Gasteiger partial charge in [0.2, 0.25) is 5.91 Å². The Morgan fingerprint density at radius 1 is 1.26 bits per heavy atom. The number of fused-ring (bicyclic) bond motifs is 2. The quantitative estimate of drug-likeness (QED) is 0.655. The third-order valence-electron chi connectivity index (χ3n) is 4.52. The Bertz CT molecular complexity index is 994. The third-order valence-corrected chi connectivity index (χ3v) is 5.35. The number of benzene rings is 1. The van der Waals surface area contributed by atoms with Crippen LogP contribution in [0, 0.1) is 0 Å². The van der Waals surface area contributed by atoms with Crippen molar-refractivity contribution in [2.45, 2.75) is 37.5 Å². The fourth-order valence-corrected chi connectivity index (χ4v) is 3.82. The normalized spacial score (nSPS) is 13.5. The van der Waals surface area contributed by atoms with Gasteiger partial charge in [-0.05, 0) is 43.4 Å². The first-order chi connectivity index (χ1) is 13.2. The van der Waals surface area contributed by atoms with Crippen LogP contribution in [0.25, 0.3) is 11.1 Å². The van der Waals surface area contributed by atoms with Gasteiger partial charge in [-0.15, -0.1) is 0 Å². The van der Waals surface area contributed by atoms with Crippen LogP contribution in [0.4, 0.5) is 0 Å². The van der Waals surface area contributed by atoms with Crippen molar-refractivity contribution in [2.75, 3.05) is 12.3 Å². The summed E-state index contributed by atoms with van der Waals surface area (Å²) in [5.41, 5.74) is 3.46. The van der Waals surface area contributed by atoms with Crippen molar-refractivity contribution >= 4 is 28.8 Å². The van der Waals surface area contributed by atoms with Gasteiger partial charge in [0.05, 0.1) is 18.0 Å². The molecular formula is C19H20N4O3S. The number of aromatic nitrogens is 3. The largest absolute Gasteiger partial charge is 0.431 e. The van der Waals surface area contributed by atoms with Gasteiger partial charge in [-0.1, -0.05) is 23.9 Å². The number of oxazole rings is 1. The average Bonchev–Trinajstić information content (AvgIpc) is 3.10. The maximum Gasteiger partial charge on any atom is 0.267 e. The van der Waals surface area contributed by atoms with Crippen molar-refractivity contribution in [1.82, 2.24) is 20.1 Å². The smallest absolute Gasteiger partial charge is 0.267 e. The Kier molecular flexibility index (Phi) is 5.24. The number of aryl methyl sites for hydroxylation is 2. The molecule has 7 nitrogen and oxygen atoms in total. The van der Waals surface area contributed by atoms with Crippen molar-refractivity contribution in [3.05, 3.63) is 51.9 Å². The van der Waals surface area contributed by atoms with Gasteiger partial charge in [-0.3, -0.25) is 9.59 Å². The van der Waals surface area contributed by atoms with Crippen LogP contribution in [0.15, 0.2) is 44.8 Å². The Balaban J connectivity index is 1.27. The zero-order valence-electron chi connectivity index (χ0n) is 14.8. The van der Waals surface area contributed by atoms with E-state index < -0.39 is 0 Å². The van der Waals surface area contributed by atoms with E-state index >= 15 is 0 Å². The lowest BCUT2D eigenvalue weighted by atomic mass is 9.97. The van der Waals surface area contributed by atoms with E-state index in [4.69, 9.17) is 4.42 Å². The Morgan fingerprint density at radius 2 is 2.11 bits per heavy atom. The first-order valence-electron chi connectivity index (χ1n) is 9.04. The summed E-state index contributed by atoms with van der Waals surface area (Å²) in [4.78, 5) is 28.5. The zero-order chi connectivity index (χ0) is 18.6. The first-order valence-corrected chi connectivity index (χ1v) is 10.0. The van der Waals surface area contributed by atoms with Crippen LogP contribution in [0.1, 0.15) is 24.1 Å². The van der Waals surface area contributed by atoms with E-state index in [1.54, 1.807) is 6.07 Å². The summed E-state index contributed by atoms with van der Waals surface area (Å²) in [6.45, 7) is 0.726. The molecule has 1 aliphatic rings. The van der Waals surface area contributed by atoms with Crippen molar-refractivity contribution in [3.8, 4) is 0 Å². The van der Waals surface area contributed by atoms with Crippen LogP contribution in [0.3, 0.4) is 0 Å². The van der Waals surface area contributed by atoms with Crippen molar-refractivity contribution < 1.29 is 9.21 Å². The zero-order valence-corrected chi connectivity index (χ0v) is 15.6. The summed E-state index contributed by atoms with van der Waals surface area (Å²) in [7, 11) is 0. The van der Waals surface area contributed by atoms with Gasteiger partial charge in [0.15, 0.2) is 5.58 Å². The lowest BCUT2D eigenvalue weighted by Gasteiger charge is -2.15. The standard InChI is InChI=1S/C19H20N4O3S/c24-17(12-27-19-21-15-7-3-4-8-16(15)26-19)20-9-10-23-18(25)11-13-5-1-2-6-14(13)22-23/h3-4,7-8,11H,1-2,5-6,9-10,12H2,(H,20,24). The predicted octanol–water partition coefficient (Wildman–Crippen LogP) is 2.17. The Labute approximate surface area is 160 Å². The van der Waals surface area contributed by atoms with Crippen LogP contribution in [0.2, 0.25) is 0 Å². The minimum absolute atomic E-state index is 0.106. The number of para-hydroxylation sites is 2. The second-order valence-corrected chi connectivity index (χ2v) is 7.40. The first kappa shape index (κ1) is 17.8. The molecule has 8 heteroatoms. The highest BCUT2D eigenvalue weighted by molar-refractivity contribution is 7.99. The number of carbonyl (C=O) groups excluding carboxylic acids is 1. The maximum atomic E-state index is 12.1. The molecule has 2 aromatic heterocycles. The van der Waals surface area contributed by atoms with Gasteiger partial charge < -0.3 is 9.73 Å². The molecule has 3 aromatic rings. The van der Waals surface area contributed by atoms with E-state index in [2.05, 4.69) is 15.4 Å². The molecule has 1 aromatic carbocycles. The molecule has 2 heterocycles. The van der Waals surface area contributed by atoms with Gasteiger partial charge in [0.1, 0.15) is 5.52 Å². The molecule has 1 aliphatic carbocycles. The summed E-state index contributed by atoms with van der Waals surface area (Å²) in [6, 6.07) is 9.17. The number of thioether (sulfide) groups is 1. The number of amides is 1. The van der Waals surface area contributed by atoms with E-state index in [9.17, 15) is 9.59 Å². The van der Waals surface area contributed by atoms with Gasteiger partial charge >= 0.3 is 0 Å². The molecule has 0 spiro atoms. The van der Waals surface area contributed by atoms with Crippen LogP contribution in [-0.4, -0.2) is 33.0 Å². The molecule has 0 aliphatic heterocycles. The van der Waals surface area contributed by atoms with Gasteiger partial charge in [0, 0.05) is 12.6 Å². The number of hydrogen-bond acceptors (Lipinski definition) is 6. The van der Waals surface area contributed by atoms with Crippen LogP contribution in [-0.2, 0) is 24.2 Å². The number of carbonyl (C=O) groups is 1. The second-order valence-electron chi connectivity index (χ2n) is 6.47. The second kappa shape index (κ2) is 7.96. The van der Waals surface area contributed by atoms with Crippen LogP contribution in [0.5, 0.6) is 0 Å². The third kappa shape index (κ3) is 4.21. The van der Waals surface area contributed by atoms with Crippen molar-refractivity contribution in [3.63, 3.8) is 0 Å². The van der Waals surface area contributed by atoms with E-state index in [0.717, 1.165) is 42.5 Å². The molecule has 0 radical (unpaired) electrons. The van der Waals surface area contributed by atoms with E-state index in [1.807, 2.05) is 24.3 Å². The molecule has 0 atom stereocenters. The van der Waals surface area contributed by atoms with E-state index in [1.165, 1.54) is 16.4 Å². The fraction of sp³-hybridized carbons (Fsp3) is 0.368. The number of nitrogens with one attached hydrogen (secondary N) is 1. The summed E-state index contributed by atoms with van der Waals surface area (Å²) in [5, 5.41) is 7.73. The van der Waals surface area contributed by atoms with Gasteiger partial charge in [-0.25, -0.2) is 9.67 Å². The average molecular weight is 384 g/mol. The summed E-state index contributed by atoms with van der Waals surface area (Å²) in [6.07, 6.45) is 4.08. The maximum absolute atomic E-state index is 12.1. The molecule has 0 unspecified atom stereocenters. The lowest BCUT2D eigenvalue weighted by Crippen LogP contribution is -2.33.